The number of phenols is 1. The maximum atomic E-state index is 13.0. The molecule has 0 radical (unpaired) electrons. The van der Waals surface area contributed by atoms with Crippen molar-refractivity contribution in [2.45, 2.75) is 30.7 Å². The van der Waals surface area contributed by atoms with E-state index < -0.39 is 17.7 Å². The lowest BCUT2D eigenvalue weighted by molar-refractivity contribution is -0.155. The minimum absolute atomic E-state index is 0.0797. The van der Waals surface area contributed by atoms with Crippen LogP contribution >= 0.6 is 0 Å². The average molecular weight is 707 g/mol. The number of pyridine rings is 1. The van der Waals surface area contributed by atoms with Gasteiger partial charge in [0.25, 0.3) is 11.8 Å². The standard InChI is InChI=1S/C39H38N4O9/c44-32-15-13-30(31-14-16-34(46)42-36(31)32)33(45)21-40-20-24-9-11-25(12-10-24)37(48)41-28-17-18-43(22-28)35(47)23-52-29-8-4-7-27(19-29)39(51,38(49)50)26-5-2-1-3-6-26/h1-16,19,28,33,40,44-45,51H,17-18,20-23H2,(H,41,48)(H,42,46)(H,49,50)/t28-,33-,39-/m0/s1. The summed E-state index contributed by atoms with van der Waals surface area (Å²) in [6, 6.07) is 26.7. The molecule has 13 nitrogen and oxygen atoms in total. The van der Waals surface area contributed by atoms with Crippen LogP contribution in [0.3, 0.4) is 0 Å². The number of nitrogens with one attached hydrogen (secondary N) is 3. The zero-order valence-electron chi connectivity index (χ0n) is 28.0. The molecule has 1 aromatic heterocycles. The molecular weight excluding hydrogens is 668 g/mol. The highest BCUT2D eigenvalue weighted by Gasteiger charge is 2.40. The molecule has 4 aromatic carbocycles. The topological polar surface area (TPSA) is 202 Å². The van der Waals surface area contributed by atoms with Crippen LogP contribution in [0.4, 0.5) is 0 Å². The lowest BCUT2D eigenvalue weighted by Gasteiger charge is -2.25. The monoisotopic (exact) mass is 706 g/mol. The number of fused-ring (bicyclic) bond motifs is 1. The normalized spacial score (nSPS) is 15.9. The average Bonchev–Trinajstić information content (AvgIpc) is 3.63. The van der Waals surface area contributed by atoms with E-state index in [0.717, 1.165) is 5.56 Å². The van der Waals surface area contributed by atoms with Crippen LogP contribution in [-0.2, 0) is 21.7 Å². The minimum atomic E-state index is -2.30. The van der Waals surface area contributed by atoms with Crippen molar-refractivity contribution in [3.63, 3.8) is 0 Å². The van der Waals surface area contributed by atoms with Gasteiger partial charge in [-0.25, -0.2) is 4.79 Å². The van der Waals surface area contributed by atoms with Gasteiger partial charge in [-0.3, -0.25) is 14.4 Å². The van der Waals surface area contributed by atoms with E-state index in [0.29, 0.717) is 42.6 Å². The smallest absolute Gasteiger partial charge is 0.345 e. The van der Waals surface area contributed by atoms with E-state index in [1.54, 1.807) is 59.5 Å². The summed E-state index contributed by atoms with van der Waals surface area (Å²) >= 11 is 0. The summed E-state index contributed by atoms with van der Waals surface area (Å²) in [5, 5.41) is 48.6. The predicted octanol–water partition coefficient (Wildman–Crippen LogP) is 2.79. The Hall–Kier alpha value is -6.02. The summed E-state index contributed by atoms with van der Waals surface area (Å²) in [5.41, 5.74) is -0.219. The first-order valence-corrected chi connectivity index (χ1v) is 16.7. The Morgan fingerprint density at radius 2 is 1.69 bits per heavy atom. The number of aliphatic hydroxyl groups excluding tert-OH is 1. The molecule has 1 saturated heterocycles. The molecule has 52 heavy (non-hydrogen) atoms. The molecule has 0 unspecified atom stereocenters. The first-order valence-electron chi connectivity index (χ1n) is 16.7. The van der Waals surface area contributed by atoms with E-state index >= 15 is 0 Å². The number of nitrogens with zero attached hydrogens (tertiary/aromatic N) is 1. The fourth-order valence-electron chi connectivity index (χ4n) is 6.30. The number of hydrogen-bond donors (Lipinski definition) is 7. The van der Waals surface area contributed by atoms with Crippen LogP contribution in [0, 0.1) is 0 Å². The highest BCUT2D eigenvalue weighted by atomic mass is 16.5. The Morgan fingerprint density at radius 3 is 2.44 bits per heavy atom. The fourth-order valence-corrected chi connectivity index (χ4v) is 6.30. The summed E-state index contributed by atoms with van der Waals surface area (Å²) in [7, 11) is 0. The van der Waals surface area contributed by atoms with Gasteiger partial charge >= 0.3 is 5.97 Å². The Morgan fingerprint density at radius 1 is 0.942 bits per heavy atom. The number of carboxylic acid groups (broad SMARTS) is 1. The van der Waals surface area contributed by atoms with E-state index in [-0.39, 0.29) is 64.7 Å². The number of aromatic nitrogens is 1. The van der Waals surface area contributed by atoms with Gasteiger partial charge in [-0.15, -0.1) is 0 Å². The molecular formula is C39H38N4O9. The van der Waals surface area contributed by atoms with Crippen LogP contribution in [0.1, 0.15) is 45.1 Å². The van der Waals surface area contributed by atoms with Crippen molar-refractivity contribution >= 4 is 28.7 Å². The molecule has 0 saturated carbocycles. The number of aliphatic carboxylic acids is 1. The van der Waals surface area contributed by atoms with E-state index in [1.165, 1.54) is 36.4 Å². The number of aliphatic hydroxyl groups is 2. The molecule has 2 heterocycles. The van der Waals surface area contributed by atoms with Crippen LogP contribution in [0.25, 0.3) is 10.9 Å². The SMILES string of the molecule is O=C(N[C@H]1CCN(C(=O)COc2cccc([C@](O)(C(=O)O)c3ccccc3)c2)C1)c1ccc(CNC[C@H](O)c2ccc(O)c3[nH]c(=O)ccc23)cc1. The lowest BCUT2D eigenvalue weighted by Crippen LogP contribution is -2.39. The van der Waals surface area contributed by atoms with Crippen LogP contribution in [-0.4, -0.2) is 80.4 Å². The molecule has 0 aliphatic carbocycles. The van der Waals surface area contributed by atoms with Crippen LogP contribution < -0.4 is 20.9 Å². The van der Waals surface area contributed by atoms with E-state index in [9.17, 15) is 39.6 Å². The van der Waals surface area contributed by atoms with Crippen LogP contribution in [0.15, 0.2) is 108 Å². The number of phenolic OH excluding ortho intramolecular Hbond substituents is 1. The van der Waals surface area contributed by atoms with Crippen molar-refractivity contribution in [2.75, 3.05) is 26.2 Å². The number of H-pyrrole nitrogens is 1. The van der Waals surface area contributed by atoms with Gasteiger partial charge in [-0.2, -0.15) is 0 Å². The number of ether oxygens (including phenoxy) is 1. The fraction of sp³-hybridized carbons (Fsp3) is 0.231. The lowest BCUT2D eigenvalue weighted by atomic mass is 9.86. The predicted molar refractivity (Wildman–Crippen MR) is 191 cm³/mol. The van der Waals surface area contributed by atoms with Gasteiger partial charge in [-0.05, 0) is 59.5 Å². The number of benzene rings is 4. The molecule has 1 fully saturated rings. The zero-order valence-corrected chi connectivity index (χ0v) is 28.0. The second-order valence-corrected chi connectivity index (χ2v) is 12.6. The van der Waals surface area contributed by atoms with Gasteiger partial charge in [0.05, 0.1) is 11.6 Å². The minimum Gasteiger partial charge on any atom is -0.506 e. The number of carbonyl (C=O) groups is 3. The number of likely N-dealkylation sites (tertiary alicyclic amines) is 1. The molecule has 13 heteroatoms. The molecule has 2 amide bonds. The van der Waals surface area contributed by atoms with Gasteiger partial charge in [0.15, 0.2) is 6.61 Å². The Labute approximate surface area is 298 Å². The van der Waals surface area contributed by atoms with E-state index in [2.05, 4.69) is 15.6 Å². The van der Waals surface area contributed by atoms with E-state index in [1.807, 2.05) is 12.1 Å². The Kier molecular flexibility index (Phi) is 10.7. The highest BCUT2D eigenvalue weighted by molar-refractivity contribution is 5.94. The second-order valence-electron chi connectivity index (χ2n) is 12.6. The maximum Gasteiger partial charge on any atom is 0.345 e. The molecule has 3 atom stereocenters. The van der Waals surface area contributed by atoms with Gasteiger partial charge < -0.3 is 45.7 Å². The van der Waals surface area contributed by atoms with Gasteiger partial charge in [0.2, 0.25) is 11.2 Å². The second kappa shape index (κ2) is 15.5. The molecule has 0 bridgehead atoms. The molecule has 268 valence electrons. The third-order valence-electron chi connectivity index (χ3n) is 9.14. The molecule has 5 aromatic rings. The maximum absolute atomic E-state index is 13.0. The number of amides is 2. The number of aromatic amines is 1. The van der Waals surface area contributed by atoms with Crippen molar-refractivity contribution in [1.29, 1.82) is 0 Å². The summed E-state index contributed by atoms with van der Waals surface area (Å²) in [6.45, 7) is 1.05. The van der Waals surface area contributed by atoms with Crippen molar-refractivity contribution in [3.8, 4) is 11.5 Å². The summed E-state index contributed by atoms with van der Waals surface area (Å²) in [4.78, 5) is 53.9. The molecule has 6 rings (SSSR count). The van der Waals surface area contributed by atoms with E-state index in [4.69, 9.17) is 4.74 Å². The quantitative estimate of drug-likeness (QED) is 0.0955. The number of carboxylic acids is 1. The van der Waals surface area contributed by atoms with Gasteiger partial charge in [0, 0.05) is 54.8 Å². The third-order valence-corrected chi connectivity index (χ3v) is 9.14. The summed E-state index contributed by atoms with van der Waals surface area (Å²) < 4.78 is 5.69. The van der Waals surface area contributed by atoms with Crippen molar-refractivity contribution in [2.24, 2.45) is 0 Å². The molecule has 7 N–H and O–H groups in total. The van der Waals surface area contributed by atoms with Crippen LogP contribution in [0.2, 0.25) is 0 Å². The molecule has 1 aliphatic rings. The number of carbonyl (C=O) groups excluding carboxylic acids is 2. The third kappa shape index (κ3) is 7.81. The largest absolute Gasteiger partial charge is 0.506 e. The van der Waals surface area contributed by atoms with Crippen molar-refractivity contribution in [1.82, 2.24) is 20.5 Å². The molecule has 0 spiro atoms. The number of rotatable bonds is 13. The Bertz CT molecular complexity index is 2140. The van der Waals surface area contributed by atoms with Crippen LogP contribution in [0.5, 0.6) is 11.5 Å². The Balaban J connectivity index is 0.964. The highest BCUT2D eigenvalue weighted by Crippen LogP contribution is 2.32. The van der Waals surface area contributed by atoms with Gasteiger partial charge in [0.1, 0.15) is 11.5 Å². The van der Waals surface area contributed by atoms with Gasteiger partial charge in [-0.1, -0.05) is 60.7 Å². The van der Waals surface area contributed by atoms with Crippen molar-refractivity contribution < 1.29 is 39.5 Å². The molecule has 1 aliphatic heterocycles. The zero-order chi connectivity index (χ0) is 36.8. The first kappa shape index (κ1) is 35.8. The number of hydrogen-bond acceptors (Lipinski definition) is 9. The first-order chi connectivity index (χ1) is 25.0. The number of aromatic hydroxyl groups is 1. The summed E-state index contributed by atoms with van der Waals surface area (Å²) in [5.74, 6) is -1.87. The van der Waals surface area contributed by atoms with Crippen molar-refractivity contribution in [3.05, 3.63) is 141 Å². The summed E-state index contributed by atoms with van der Waals surface area (Å²) in [6.07, 6.45) is -0.341.